The second-order valence-electron chi connectivity index (χ2n) is 4.82. The van der Waals surface area contributed by atoms with Crippen LogP contribution in [-0.2, 0) is 6.54 Å². The van der Waals surface area contributed by atoms with E-state index in [0.717, 1.165) is 25.1 Å². The molecule has 2 aromatic rings. The lowest BCUT2D eigenvalue weighted by atomic mass is 9.89. The molecule has 3 rings (SSSR count). The zero-order valence-corrected chi connectivity index (χ0v) is 10.2. The van der Waals surface area contributed by atoms with Crippen molar-refractivity contribution in [3.63, 3.8) is 0 Å². The molecule has 1 heterocycles. The minimum Gasteiger partial charge on any atom is -0.393 e. The van der Waals surface area contributed by atoms with Gasteiger partial charge in [0.1, 0.15) is 0 Å². The summed E-state index contributed by atoms with van der Waals surface area (Å²) < 4.78 is 1.85. The highest BCUT2D eigenvalue weighted by atomic mass is 16.3. The molecule has 1 aliphatic rings. The molecule has 4 heteroatoms. The van der Waals surface area contributed by atoms with Gasteiger partial charge in [0, 0.05) is 25.0 Å². The molecule has 1 aromatic carbocycles. The quantitative estimate of drug-likeness (QED) is 0.855. The summed E-state index contributed by atoms with van der Waals surface area (Å²) in [6, 6.07) is 10.8. The lowest BCUT2D eigenvalue weighted by Gasteiger charge is -2.32. The van der Waals surface area contributed by atoms with E-state index in [1.165, 1.54) is 5.56 Å². The number of rotatable bonds is 4. The molecular formula is C14H17N3O. The molecule has 0 amide bonds. The van der Waals surface area contributed by atoms with E-state index in [0.29, 0.717) is 6.04 Å². The molecule has 0 bridgehead atoms. The Morgan fingerprint density at radius 1 is 1.28 bits per heavy atom. The van der Waals surface area contributed by atoms with E-state index in [9.17, 15) is 5.11 Å². The Bertz CT molecular complexity index is 486. The average Bonchev–Trinajstić information content (AvgIpc) is 2.88. The molecule has 0 saturated heterocycles. The van der Waals surface area contributed by atoms with E-state index >= 15 is 0 Å². The first kappa shape index (κ1) is 11.4. The molecule has 0 atom stereocenters. The van der Waals surface area contributed by atoms with Crippen molar-refractivity contribution >= 4 is 0 Å². The summed E-state index contributed by atoms with van der Waals surface area (Å²) in [6.45, 7) is 0.858. The van der Waals surface area contributed by atoms with Gasteiger partial charge in [0.05, 0.1) is 11.8 Å². The van der Waals surface area contributed by atoms with Gasteiger partial charge in [-0.25, -0.2) is 4.68 Å². The molecule has 0 spiro atoms. The Labute approximate surface area is 106 Å². The molecule has 0 radical (unpaired) electrons. The fourth-order valence-electron chi connectivity index (χ4n) is 2.20. The van der Waals surface area contributed by atoms with Gasteiger partial charge in [-0.2, -0.15) is 5.10 Å². The third-order valence-corrected chi connectivity index (χ3v) is 3.41. The molecule has 18 heavy (non-hydrogen) atoms. The number of aliphatic hydroxyl groups excluding tert-OH is 1. The molecule has 1 aromatic heterocycles. The molecule has 0 aliphatic heterocycles. The van der Waals surface area contributed by atoms with Crippen LogP contribution in [0.1, 0.15) is 18.4 Å². The predicted molar refractivity (Wildman–Crippen MR) is 69.4 cm³/mol. The van der Waals surface area contributed by atoms with Crippen LogP contribution in [0.25, 0.3) is 5.69 Å². The van der Waals surface area contributed by atoms with Crippen LogP contribution in [0, 0.1) is 0 Å². The second-order valence-corrected chi connectivity index (χ2v) is 4.82. The van der Waals surface area contributed by atoms with Gasteiger partial charge >= 0.3 is 0 Å². The van der Waals surface area contributed by atoms with Gasteiger partial charge in [-0.1, -0.05) is 12.1 Å². The van der Waals surface area contributed by atoms with Gasteiger partial charge in [0.15, 0.2) is 0 Å². The van der Waals surface area contributed by atoms with Crippen LogP contribution in [0.4, 0.5) is 0 Å². The van der Waals surface area contributed by atoms with Crippen LogP contribution in [0.2, 0.25) is 0 Å². The Balaban J connectivity index is 1.58. The second kappa shape index (κ2) is 4.92. The fourth-order valence-corrected chi connectivity index (χ4v) is 2.20. The van der Waals surface area contributed by atoms with Crippen molar-refractivity contribution in [1.29, 1.82) is 0 Å². The third-order valence-electron chi connectivity index (χ3n) is 3.41. The number of aliphatic hydroxyl groups is 1. The molecule has 94 valence electrons. The van der Waals surface area contributed by atoms with Crippen LogP contribution in [0.15, 0.2) is 42.7 Å². The lowest BCUT2D eigenvalue weighted by molar-refractivity contribution is 0.0619. The van der Waals surface area contributed by atoms with Gasteiger partial charge < -0.3 is 10.4 Å². The predicted octanol–water partition coefficient (Wildman–Crippen LogP) is 1.49. The van der Waals surface area contributed by atoms with E-state index in [-0.39, 0.29) is 6.10 Å². The van der Waals surface area contributed by atoms with Crippen molar-refractivity contribution in [2.45, 2.75) is 31.5 Å². The van der Waals surface area contributed by atoms with E-state index in [1.807, 2.05) is 16.9 Å². The van der Waals surface area contributed by atoms with E-state index in [4.69, 9.17) is 0 Å². The standard InChI is InChI=1S/C14H17N3O/c18-14-8-12(9-14)15-10-11-2-4-13(5-3-11)17-7-1-6-16-17/h1-7,12,14-15,18H,8-10H2. The summed E-state index contributed by atoms with van der Waals surface area (Å²) in [7, 11) is 0. The first-order valence-corrected chi connectivity index (χ1v) is 6.32. The fraction of sp³-hybridized carbons (Fsp3) is 0.357. The van der Waals surface area contributed by atoms with Gasteiger partial charge in [-0.05, 0) is 36.6 Å². The average molecular weight is 243 g/mol. The van der Waals surface area contributed by atoms with Gasteiger partial charge in [-0.3, -0.25) is 0 Å². The molecule has 4 nitrogen and oxygen atoms in total. The smallest absolute Gasteiger partial charge is 0.0645 e. The summed E-state index contributed by atoms with van der Waals surface area (Å²) in [4.78, 5) is 0. The summed E-state index contributed by atoms with van der Waals surface area (Å²) in [5, 5.41) is 16.8. The number of benzene rings is 1. The maximum absolute atomic E-state index is 9.21. The Hall–Kier alpha value is -1.65. The van der Waals surface area contributed by atoms with Crippen molar-refractivity contribution in [1.82, 2.24) is 15.1 Å². The van der Waals surface area contributed by atoms with Gasteiger partial charge in [-0.15, -0.1) is 0 Å². The molecule has 1 fully saturated rings. The number of nitrogens with one attached hydrogen (secondary N) is 1. The van der Waals surface area contributed by atoms with Crippen LogP contribution in [0.5, 0.6) is 0 Å². The molecule has 1 saturated carbocycles. The number of hydrogen-bond donors (Lipinski definition) is 2. The SMILES string of the molecule is OC1CC(NCc2ccc(-n3cccn3)cc2)C1. The number of nitrogens with zero attached hydrogens (tertiary/aromatic N) is 2. The molecule has 0 unspecified atom stereocenters. The van der Waals surface area contributed by atoms with E-state index in [1.54, 1.807) is 6.20 Å². The minimum atomic E-state index is -0.0929. The van der Waals surface area contributed by atoms with Crippen molar-refractivity contribution in [2.75, 3.05) is 0 Å². The van der Waals surface area contributed by atoms with Crippen LogP contribution in [0.3, 0.4) is 0 Å². The van der Waals surface area contributed by atoms with E-state index < -0.39 is 0 Å². The Morgan fingerprint density at radius 2 is 2.06 bits per heavy atom. The monoisotopic (exact) mass is 243 g/mol. The first-order chi connectivity index (χ1) is 8.81. The van der Waals surface area contributed by atoms with Crippen molar-refractivity contribution < 1.29 is 5.11 Å². The van der Waals surface area contributed by atoms with Crippen LogP contribution >= 0.6 is 0 Å². The molecule has 2 N–H and O–H groups in total. The minimum absolute atomic E-state index is 0.0929. The molecular weight excluding hydrogens is 226 g/mol. The largest absolute Gasteiger partial charge is 0.393 e. The highest BCUT2D eigenvalue weighted by Gasteiger charge is 2.26. The topological polar surface area (TPSA) is 50.1 Å². The van der Waals surface area contributed by atoms with Crippen LogP contribution < -0.4 is 5.32 Å². The van der Waals surface area contributed by atoms with E-state index in [2.05, 4.69) is 34.7 Å². The number of hydrogen-bond acceptors (Lipinski definition) is 3. The third kappa shape index (κ3) is 2.44. The normalized spacial score (nSPS) is 22.7. The highest BCUT2D eigenvalue weighted by Crippen LogP contribution is 2.19. The Kier molecular flexibility index (Phi) is 3.13. The summed E-state index contributed by atoms with van der Waals surface area (Å²) >= 11 is 0. The zero-order valence-electron chi connectivity index (χ0n) is 10.2. The number of aromatic nitrogens is 2. The summed E-state index contributed by atoms with van der Waals surface area (Å²) in [5.74, 6) is 0. The van der Waals surface area contributed by atoms with Gasteiger partial charge in [0.2, 0.25) is 0 Å². The first-order valence-electron chi connectivity index (χ1n) is 6.32. The summed E-state index contributed by atoms with van der Waals surface area (Å²) in [6.07, 6.45) is 5.38. The lowest BCUT2D eigenvalue weighted by Crippen LogP contribution is -2.43. The van der Waals surface area contributed by atoms with Gasteiger partial charge in [0.25, 0.3) is 0 Å². The van der Waals surface area contributed by atoms with Crippen LogP contribution in [-0.4, -0.2) is 27.0 Å². The maximum atomic E-state index is 9.21. The van der Waals surface area contributed by atoms with Crippen molar-refractivity contribution in [3.8, 4) is 5.69 Å². The zero-order chi connectivity index (χ0) is 12.4. The highest BCUT2D eigenvalue weighted by molar-refractivity contribution is 5.33. The summed E-state index contributed by atoms with van der Waals surface area (Å²) in [5.41, 5.74) is 2.33. The molecule has 1 aliphatic carbocycles. The van der Waals surface area contributed by atoms with Crippen molar-refractivity contribution in [3.05, 3.63) is 48.3 Å². The van der Waals surface area contributed by atoms with Crippen molar-refractivity contribution in [2.24, 2.45) is 0 Å². The maximum Gasteiger partial charge on any atom is 0.0645 e. The Morgan fingerprint density at radius 3 is 2.67 bits per heavy atom.